The van der Waals surface area contributed by atoms with Crippen molar-refractivity contribution in [2.75, 3.05) is 13.6 Å². The van der Waals surface area contributed by atoms with Crippen LogP contribution in [0.5, 0.6) is 0 Å². The third-order valence-electron chi connectivity index (χ3n) is 1.58. The largest absolute Gasteiger partial charge is 0.239 e. The molecule has 0 fully saturated rings. The summed E-state index contributed by atoms with van der Waals surface area (Å²) in [6.45, 7) is 1.16. The second-order valence-electron chi connectivity index (χ2n) is 2.58. The zero-order chi connectivity index (χ0) is 7.23. The first kappa shape index (κ1) is 7.26. The van der Waals surface area contributed by atoms with Crippen LogP contribution in [0, 0.1) is 0 Å². The highest BCUT2D eigenvalue weighted by atomic mass is 14.9. The predicted molar refractivity (Wildman–Crippen MR) is 44.6 cm³/mol. The predicted octanol–water partition coefficient (Wildman–Crippen LogP) is 1.61. The standard InChI is InChI=1S/C9H14N/c1-10-8-6-4-2-3-5-7-9-10/h2-4,6,8H,5,7,9H2,1H3/q+1/b3-2+,6-4-,10-8+. The van der Waals surface area contributed by atoms with Crippen LogP contribution in [-0.2, 0) is 0 Å². The fourth-order valence-electron chi connectivity index (χ4n) is 0.969. The Morgan fingerprint density at radius 1 is 1.20 bits per heavy atom. The van der Waals surface area contributed by atoms with Crippen molar-refractivity contribution in [3.05, 3.63) is 24.3 Å². The SMILES string of the molecule is C\[N+]1=C/C=C\C=C\CCC1. The number of hydrogen-bond donors (Lipinski definition) is 0. The van der Waals surface area contributed by atoms with Gasteiger partial charge in [0.2, 0.25) is 0 Å². The molecule has 1 aliphatic rings. The molecule has 0 aromatic heterocycles. The van der Waals surface area contributed by atoms with Crippen molar-refractivity contribution in [1.82, 2.24) is 0 Å². The average Bonchev–Trinajstić information content (AvgIpc) is 2.02. The molecule has 0 aromatic rings. The molecule has 0 atom stereocenters. The highest BCUT2D eigenvalue weighted by molar-refractivity contribution is 5.66. The molecule has 0 saturated carbocycles. The molecule has 0 aliphatic carbocycles. The molecule has 1 nitrogen and oxygen atoms in total. The van der Waals surface area contributed by atoms with E-state index in [1.807, 2.05) is 0 Å². The van der Waals surface area contributed by atoms with Crippen LogP contribution in [0.1, 0.15) is 12.8 Å². The van der Waals surface area contributed by atoms with Gasteiger partial charge in [0, 0.05) is 12.5 Å². The Bertz CT molecular complexity index is 175. The third-order valence-corrected chi connectivity index (χ3v) is 1.58. The summed E-state index contributed by atoms with van der Waals surface area (Å²) in [6.07, 6.45) is 13.0. The molecule has 0 unspecified atom stereocenters. The van der Waals surface area contributed by atoms with E-state index >= 15 is 0 Å². The minimum Gasteiger partial charge on any atom is -0.239 e. The molecule has 0 aromatic carbocycles. The summed E-state index contributed by atoms with van der Waals surface area (Å²) in [4.78, 5) is 0. The first-order chi connectivity index (χ1) is 4.89. The lowest BCUT2D eigenvalue weighted by atomic mass is 10.3. The van der Waals surface area contributed by atoms with Gasteiger partial charge < -0.3 is 0 Å². The van der Waals surface area contributed by atoms with Crippen LogP contribution in [-0.4, -0.2) is 24.4 Å². The monoisotopic (exact) mass is 136 g/mol. The zero-order valence-electron chi connectivity index (χ0n) is 6.46. The minimum atomic E-state index is 1.16. The van der Waals surface area contributed by atoms with Crippen molar-refractivity contribution in [3.8, 4) is 0 Å². The summed E-state index contributed by atoms with van der Waals surface area (Å²) >= 11 is 0. The number of allylic oxidation sites excluding steroid dienone is 4. The molecule has 1 heteroatoms. The Morgan fingerprint density at radius 3 is 3.00 bits per heavy atom. The first-order valence-electron chi connectivity index (χ1n) is 3.76. The van der Waals surface area contributed by atoms with Gasteiger partial charge in [0.15, 0.2) is 6.21 Å². The minimum absolute atomic E-state index is 1.16. The topological polar surface area (TPSA) is 3.01 Å². The van der Waals surface area contributed by atoms with Crippen LogP contribution in [0.4, 0.5) is 0 Å². The van der Waals surface area contributed by atoms with Gasteiger partial charge in [-0.15, -0.1) is 0 Å². The Hall–Kier alpha value is -0.850. The van der Waals surface area contributed by atoms with Crippen molar-refractivity contribution in [2.24, 2.45) is 0 Å². The molecule has 1 heterocycles. The summed E-state index contributed by atoms with van der Waals surface area (Å²) in [7, 11) is 2.11. The second kappa shape index (κ2) is 4.04. The molecule has 54 valence electrons. The molecule has 1 rings (SSSR count). The van der Waals surface area contributed by atoms with Gasteiger partial charge in [0.25, 0.3) is 0 Å². The maximum absolute atomic E-state index is 2.21. The quantitative estimate of drug-likeness (QED) is 0.445. The van der Waals surface area contributed by atoms with Gasteiger partial charge in [0.1, 0.15) is 13.6 Å². The van der Waals surface area contributed by atoms with Gasteiger partial charge in [-0.25, -0.2) is 4.58 Å². The van der Waals surface area contributed by atoms with Crippen LogP contribution >= 0.6 is 0 Å². The van der Waals surface area contributed by atoms with Crippen molar-refractivity contribution in [1.29, 1.82) is 0 Å². The van der Waals surface area contributed by atoms with E-state index in [0.29, 0.717) is 0 Å². The van der Waals surface area contributed by atoms with Gasteiger partial charge in [-0.05, 0) is 6.42 Å². The Balaban J connectivity index is 2.57. The second-order valence-corrected chi connectivity index (χ2v) is 2.58. The van der Waals surface area contributed by atoms with Crippen LogP contribution in [0.25, 0.3) is 0 Å². The molecule has 0 spiro atoms. The van der Waals surface area contributed by atoms with Gasteiger partial charge in [-0.2, -0.15) is 0 Å². The van der Waals surface area contributed by atoms with E-state index in [2.05, 4.69) is 42.1 Å². The maximum atomic E-state index is 2.21. The highest BCUT2D eigenvalue weighted by Crippen LogP contribution is 1.93. The summed E-state index contributed by atoms with van der Waals surface area (Å²) < 4.78 is 2.21. The average molecular weight is 136 g/mol. The molecule has 0 amide bonds. The van der Waals surface area contributed by atoms with E-state index < -0.39 is 0 Å². The smallest absolute Gasteiger partial charge is 0.163 e. The van der Waals surface area contributed by atoms with E-state index in [0.717, 1.165) is 6.54 Å². The lowest BCUT2D eigenvalue weighted by Crippen LogP contribution is -2.06. The van der Waals surface area contributed by atoms with Crippen LogP contribution < -0.4 is 0 Å². The Morgan fingerprint density at radius 2 is 2.10 bits per heavy atom. The molecule has 0 N–H and O–H groups in total. The first-order valence-corrected chi connectivity index (χ1v) is 3.76. The fourth-order valence-corrected chi connectivity index (χ4v) is 0.969. The molecule has 10 heavy (non-hydrogen) atoms. The van der Waals surface area contributed by atoms with Gasteiger partial charge in [0.05, 0.1) is 0 Å². The number of hydrogen-bond acceptors (Lipinski definition) is 0. The molecule has 0 saturated heterocycles. The van der Waals surface area contributed by atoms with E-state index in [1.165, 1.54) is 12.8 Å². The zero-order valence-corrected chi connectivity index (χ0v) is 6.46. The van der Waals surface area contributed by atoms with Crippen LogP contribution in [0.15, 0.2) is 24.3 Å². The molecular formula is C9H14N+. The molecular weight excluding hydrogens is 122 g/mol. The van der Waals surface area contributed by atoms with Crippen molar-refractivity contribution in [3.63, 3.8) is 0 Å². The van der Waals surface area contributed by atoms with Gasteiger partial charge in [-0.1, -0.05) is 18.2 Å². The van der Waals surface area contributed by atoms with Crippen LogP contribution in [0.2, 0.25) is 0 Å². The highest BCUT2D eigenvalue weighted by Gasteiger charge is 1.93. The number of nitrogens with zero attached hydrogens (tertiary/aromatic N) is 1. The van der Waals surface area contributed by atoms with E-state index in [9.17, 15) is 0 Å². The fraction of sp³-hybridized carbons (Fsp3) is 0.444. The maximum Gasteiger partial charge on any atom is 0.163 e. The lowest BCUT2D eigenvalue weighted by molar-refractivity contribution is -0.492. The van der Waals surface area contributed by atoms with Crippen molar-refractivity contribution in [2.45, 2.75) is 12.8 Å². The van der Waals surface area contributed by atoms with E-state index in [-0.39, 0.29) is 0 Å². The van der Waals surface area contributed by atoms with E-state index in [1.54, 1.807) is 0 Å². The molecule has 1 aliphatic heterocycles. The summed E-state index contributed by atoms with van der Waals surface area (Å²) in [5, 5.41) is 0. The number of rotatable bonds is 0. The normalized spacial score (nSPS) is 30.7. The third kappa shape index (κ3) is 2.62. The summed E-state index contributed by atoms with van der Waals surface area (Å²) in [5.41, 5.74) is 0. The van der Waals surface area contributed by atoms with E-state index in [4.69, 9.17) is 0 Å². The van der Waals surface area contributed by atoms with Crippen molar-refractivity contribution >= 4 is 6.21 Å². The molecule has 0 radical (unpaired) electrons. The van der Waals surface area contributed by atoms with Crippen LogP contribution in [0.3, 0.4) is 0 Å². The van der Waals surface area contributed by atoms with Gasteiger partial charge >= 0.3 is 0 Å². The lowest BCUT2D eigenvalue weighted by Gasteiger charge is -1.91. The van der Waals surface area contributed by atoms with Gasteiger partial charge in [-0.3, -0.25) is 0 Å². The summed E-state index contributed by atoms with van der Waals surface area (Å²) in [6, 6.07) is 0. The van der Waals surface area contributed by atoms with Crippen molar-refractivity contribution < 1.29 is 4.58 Å². The molecule has 0 bridgehead atoms. The Kier molecular flexibility index (Phi) is 2.94. The summed E-state index contributed by atoms with van der Waals surface area (Å²) in [5.74, 6) is 0. The Labute approximate surface area is 62.4 Å².